The fraction of sp³-hybridized carbons (Fsp3) is 0.366. The minimum Gasteiger partial charge on any atom is -0.494 e. The molecule has 1 fully saturated rings. The van der Waals surface area contributed by atoms with E-state index >= 15 is 0 Å². The van der Waals surface area contributed by atoms with Gasteiger partial charge in [0.05, 0.1) is 29.5 Å². The van der Waals surface area contributed by atoms with Crippen LogP contribution < -0.4 is 31.2 Å². The molecule has 1 aromatic heterocycles. The lowest BCUT2D eigenvalue weighted by atomic mass is 9.91. The molecule has 11 N–H and O–H groups in total. The number of hydrogen-bond acceptors (Lipinski definition) is 20. The van der Waals surface area contributed by atoms with Crippen molar-refractivity contribution in [2.45, 2.75) is 146 Å². The number of carbonyl (C=O) groups is 6. The van der Waals surface area contributed by atoms with Crippen LogP contribution in [-0.4, -0.2) is 183 Å². The van der Waals surface area contributed by atoms with E-state index in [1.165, 1.54) is 73.0 Å². The first-order valence-corrected chi connectivity index (χ1v) is 33.6. The number of Topliss-reactive ketones (excluding diaryl/α,β-unsaturated/α-hetero) is 3. The number of alkyl halides is 6. The van der Waals surface area contributed by atoms with Gasteiger partial charge >= 0.3 is 0 Å². The predicted molar refractivity (Wildman–Crippen MR) is 360 cm³/mol. The number of halogens is 6. The molecule has 0 bridgehead atoms. The highest BCUT2D eigenvalue weighted by molar-refractivity contribution is 7.90. The van der Waals surface area contributed by atoms with Gasteiger partial charge in [0.25, 0.3) is 37.0 Å². The van der Waals surface area contributed by atoms with E-state index in [0.717, 1.165) is 34.6 Å². The molecular formula is C71H75F6N5O17S2. The van der Waals surface area contributed by atoms with Crippen LogP contribution in [0.1, 0.15) is 125 Å². The van der Waals surface area contributed by atoms with Crippen molar-refractivity contribution >= 4 is 61.4 Å². The molecule has 2 heterocycles. The number of thiazole rings is 1. The summed E-state index contributed by atoms with van der Waals surface area (Å²) >= 11 is 1.24. The SMILES string of the molecule is CC(=O)[C@@H](NC(=O)c1ccc(C#Cc2ccc(OC3O[C@@H](C)[C@@H](O)[C@@H](O)[C@@H]3O)cc2)cc1)[C@](C)(O)C(F)F.CC(=O)[C@@H](NC(=O)c1ccc(C#Cc2ccc(OCCCS(C)(=O)=O)cc2)cc1)[C@](C)(O)C(F)F.CCC(=O)[C@@H](NC(=O)c1ccc(C#Cc2cnc(N)s2)cc1)[C@](C)(O)C(F)F. The van der Waals surface area contributed by atoms with Gasteiger partial charge in [0, 0.05) is 57.2 Å². The Bertz CT molecular complexity index is 4150. The van der Waals surface area contributed by atoms with Crippen LogP contribution in [0.15, 0.2) is 128 Å². The molecule has 7 rings (SSSR count). The minimum absolute atomic E-state index is 0.0604. The Balaban J connectivity index is 0.000000276. The molecule has 1 saturated heterocycles. The van der Waals surface area contributed by atoms with E-state index in [4.69, 9.17) is 19.9 Å². The van der Waals surface area contributed by atoms with Crippen molar-refractivity contribution in [2.75, 3.05) is 24.3 Å². The topological polar surface area (TPSA) is 361 Å². The van der Waals surface area contributed by atoms with Gasteiger partial charge < -0.3 is 66.5 Å². The normalized spacial score (nSPS) is 18.2. The molecule has 1 unspecified atom stereocenters. The van der Waals surface area contributed by atoms with Crippen molar-refractivity contribution in [1.82, 2.24) is 20.9 Å². The van der Waals surface area contributed by atoms with Crippen LogP contribution in [0.2, 0.25) is 0 Å². The number of sulfone groups is 1. The molecule has 6 aromatic rings. The number of anilines is 1. The molecule has 0 aliphatic carbocycles. The van der Waals surface area contributed by atoms with Gasteiger partial charge in [-0.2, -0.15) is 0 Å². The van der Waals surface area contributed by atoms with Gasteiger partial charge in [-0.25, -0.2) is 39.7 Å². The summed E-state index contributed by atoms with van der Waals surface area (Å²) in [5, 5.41) is 66.5. The highest BCUT2D eigenvalue weighted by atomic mass is 32.2. The number of ketones is 3. The number of nitrogens with two attached hydrogens (primary N) is 1. The summed E-state index contributed by atoms with van der Waals surface area (Å²) in [5.41, 5.74) is 0.843. The Hall–Kier alpha value is -9.52. The molecule has 22 nitrogen and oxygen atoms in total. The van der Waals surface area contributed by atoms with E-state index in [-0.39, 0.29) is 35.5 Å². The molecule has 1 aliphatic heterocycles. The summed E-state index contributed by atoms with van der Waals surface area (Å²) in [6.07, 6.45) is -12.6. The highest BCUT2D eigenvalue weighted by Crippen LogP contribution is 2.27. The highest BCUT2D eigenvalue weighted by Gasteiger charge is 2.47. The summed E-state index contributed by atoms with van der Waals surface area (Å²) in [5.74, 6) is 13.9. The smallest absolute Gasteiger partial charge is 0.269 e. The van der Waals surface area contributed by atoms with E-state index in [9.17, 15) is 94.2 Å². The number of aromatic nitrogens is 1. The maximum atomic E-state index is 13.1. The zero-order valence-electron chi connectivity index (χ0n) is 55.6. The summed E-state index contributed by atoms with van der Waals surface area (Å²) in [6, 6.07) is 26.1. The van der Waals surface area contributed by atoms with Gasteiger partial charge in [-0.05, 0) is 175 Å². The van der Waals surface area contributed by atoms with Gasteiger partial charge in [0.15, 0.2) is 22.5 Å². The van der Waals surface area contributed by atoms with Gasteiger partial charge in [-0.15, -0.1) is 0 Å². The van der Waals surface area contributed by atoms with Crippen LogP contribution >= 0.6 is 11.3 Å². The number of nitrogens with zero attached hydrogens (tertiary/aromatic N) is 1. The van der Waals surface area contributed by atoms with Crippen LogP contribution in [0.3, 0.4) is 0 Å². The molecule has 0 spiro atoms. The van der Waals surface area contributed by atoms with Crippen molar-refractivity contribution in [3.63, 3.8) is 0 Å². The minimum atomic E-state index is -3.24. The standard InChI is InChI=1S/C27H29F2NO8.C25H27F2NO6S.C19H19F2N3O3S/c1-14(31)23(27(3,36)26(28)29)30-24(35)18-10-6-16(7-11-18)4-5-17-8-12-19(13-9-17)38-25-22(34)21(33)20(32)15(2)37-25;1-17(29)22(25(2,31)24(26)27)28-23(30)20-11-7-18(8-12-20)5-6-19-9-13-21(14-10-19)34-15-4-16-35(3,32)33;1-3-14(25)15(19(2,27)17(20)21)24-16(26)12-7-4-11(5-8-12)6-9-13-10-23-18(22)28-13/h6-13,15,20-23,25-26,32-34,36H,1-3H3,(H,30,35);7-14,22,24,31H,4,15-16H2,1-3H3,(H,28,30);4-5,7-8,10,15,17,27H,3H2,1-2H3,(H2,22,23)(H,24,26)/t15-,20+,21+,22-,23+,25?,27-;22-,25+;15-,19+/m011/s1. The number of amides is 3. The number of nitrogen functional groups attached to an aromatic ring is 1. The number of carbonyl (C=O) groups excluding carboxylic acids is 6. The molecule has 30 heteroatoms. The van der Waals surface area contributed by atoms with E-state index in [0.29, 0.717) is 55.7 Å². The van der Waals surface area contributed by atoms with Gasteiger partial charge in [-0.3, -0.25) is 28.8 Å². The van der Waals surface area contributed by atoms with Gasteiger partial charge in [-0.1, -0.05) is 47.9 Å². The van der Waals surface area contributed by atoms with E-state index in [1.807, 2.05) is 0 Å². The van der Waals surface area contributed by atoms with E-state index in [2.05, 4.69) is 56.5 Å². The summed E-state index contributed by atoms with van der Waals surface area (Å²) in [4.78, 5) is 77.2. The fourth-order valence-electron chi connectivity index (χ4n) is 8.99. The second kappa shape index (κ2) is 36.7. The maximum absolute atomic E-state index is 13.1. The quantitative estimate of drug-likeness (QED) is 0.0205. The lowest BCUT2D eigenvalue weighted by Gasteiger charge is -2.38. The lowest BCUT2D eigenvalue weighted by Crippen LogP contribution is -2.59. The first kappa shape index (κ1) is 82.1. The summed E-state index contributed by atoms with van der Waals surface area (Å²) < 4.78 is 117. The molecule has 11 atom stereocenters. The van der Waals surface area contributed by atoms with Crippen LogP contribution in [0.5, 0.6) is 11.5 Å². The fourth-order valence-corrected chi connectivity index (χ4v) is 10.2. The average molecular weight is 1450 g/mol. The second-order valence-corrected chi connectivity index (χ2v) is 26.9. The van der Waals surface area contributed by atoms with Crippen LogP contribution in [0, 0.1) is 35.5 Å². The molecule has 1 aliphatic rings. The molecule has 540 valence electrons. The molecule has 5 aromatic carbocycles. The molecule has 101 heavy (non-hydrogen) atoms. The van der Waals surface area contributed by atoms with Crippen LogP contribution in [-0.2, 0) is 29.0 Å². The summed E-state index contributed by atoms with van der Waals surface area (Å²) in [6.45, 7) is 7.71. The zero-order valence-corrected chi connectivity index (χ0v) is 57.2. The number of aliphatic hydroxyl groups is 6. The largest absolute Gasteiger partial charge is 0.494 e. The Kier molecular flexibility index (Phi) is 29.9. The Morgan fingerprint density at radius 2 is 0.921 bits per heavy atom. The Morgan fingerprint density at radius 1 is 0.574 bits per heavy atom. The molecular weight excluding hydrogens is 1370 g/mol. The Morgan fingerprint density at radius 3 is 1.26 bits per heavy atom. The average Bonchev–Trinajstić information content (AvgIpc) is 0.917. The monoisotopic (exact) mass is 1450 g/mol. The first-order valence-electron chi connectivity index (χ1n) is 30.7. The third-order valence-corrected chi connectivity index (χ3v) is 16.9. The van der Waals surface area contributed by atoms with Crippen molar-refractivity contribution in [3.8, 4) is 47.0 Å². The van der Waals surface area contributed by atoms with Crippen LogP contribution in [0.25, 0.3) is 0 Å². The number of aliphatic hydroxyl groups excluding tert-OH is 3. The zero-order chi connectivity index (χ0) is 75.3. The number of nitrogens with one attached hydrogen (secondary N) is 3. The first-order chi connectivity index (χ1) is 47.2. The second-order valence-electron chi connectivity index (χ2n) is 23.6. The maximum Gasteiger partial charge on any atom is 0.269 e. The Labute approximate surface area is 582 Å². The van der Waals surface area contributed by atoms with Crippen LogP contribution in [0.4, 0.5) is 31.5 Å². The number of hydrogen-bond donors (Lipinski definition) is 10. The van der Waals surface area contributed by atoms with Gasteiger partial charge in [0.1, 0.15) is 74.6 Å². The van der Waals surface area contributed by atoms with Gasteiger partial charge in [0.2, 0.25) is 6.29 Å². The lowest BCUT2D eigenvalue weighted by molar-refractivity contribution is -0.268. The molecule has 3 amide bonds. The van der Waals surface area contributed by atoms with Crippen molar-refractivity contribution in [3.05, 3.63) is 177 Å². The number of rotatable bonds is 23. The summed E-state index contributed by atoms with van der Waals surface area (Å²) in [7, 11) is -3.02. The predicted octanol–water partition coefficient (Wildman–Crippen LogP) is 5.82. The van der Waals surface area contributed by atoms with Crippen molar-refractivity contribution in [2.24, 2.45) is 0 Å². The number of benzene rings is 5. The van der Waals surface area contributed by atoms with E-state index in [1.54, 1.807) is 85.9 Å². The molecule has 0 radical (unpaired) electrons. The molecule has 0 saturated carbocycles. The third-order valence-electron chi connectivity index (χ3n) is 15.1. The van der Waals surface area contributed by atoms with Crippen molar-refractivity contribution in [1.29, 1.82) is 0 Å². The third kappa shape index (κ3) is 24.4. The number of ether oxygens (including phenoxy) is 3. The van der Waals surface area contributed by atoms with Crippen molar-refractivity contribution < 1.29 is 108 Å². The van der Waals surface area contributed by atoms with E-state index < -0.39 is 130 Å².